The van der Waals surface area contributed by atoms with Crippen LogP contribution in [0.2, 0.25) is 0 Å². The van der Waals surface area contributed by atoms with Crippen molar-refractivity contribution in [2.24, 2.45) is 0 Å². The topological polar surface area (TPSA) is 63.9 Å². The van der Waals surface area contributed by atoms with E-state index < -0.39 is 0 Å². The first kappa shape index (κ1) is 7.61. The van der Waals surface area contributed by atoms with Crippen molar-refractivity contribution in [2.75, 3.05) is 18.9 Å². The van der Waals surface area contributed by atoms with E-state index in [4.69, 9.17) is 10.5 Å². The van der Waals surface area contributed by atoms with Crippen molar-refractivity contribution in [3.63, 3.8) is 0 Å². The van der Waals surface area contributed by atoms with E-state index >= 15 is 0 Å². The molecular weight excluding hydrogens is 154 g/mol. The van der Waals surface area contributed by atoms with Gasteiger partial charge in [0.2, 0.25) is 0 Å². The largest absolute Gasteiger partial charge is 0.396 e. The molecule has 1 aliphatic rings. The summed E-state index contributed by atoms with van der Waals surface area (Å²) in [6, 6.07) is 0. The van der Waals surface area contributed by atoms with Crippen molar-refractivity contribution in [2.45, 2.75) is 18.8 Å². The van der Waals surface area contributed by atoms with Crippen molar-refractivity contribution in [1.82, 2.24) is 10.2 Å². The normalized spacial score (nSPS) is 24.2. The zero-order valence-electron chi connectivity index (χ0n) is 6.92. The standard InChI is InChI=1S/C8H13N3O/c9-7-4-10-11-8(7)6-2-1-3-12-5-6/h4,6H,1-3,5,9H2,(H,10,11). The molecule has 4 heteroatoms. The van der Waals surface area contributed by atoms with E-state index in [1.165, 1.54) is 0 Å². The minimum Gasteiger partial charge on any atom is -0.396 e. The first-order chi connectivity index (χ1) is 5.88. The predicted molar refractivity (Wildman–Crippen MR) is 45.8 cm³/mol. The maximum atomic E-state index is 5.72. The van der Waals surface area contributed by atoms with E-state index in [9.17, 15) is 0 Å². The maximum absolute atomic E-state index is 5.72. The van der Waals surface area contributed by atoms with Crippen molar-refractivity contribution in [1.29, 1.82) is 0 Å². The summed E-state index contributed by atoms with van der Waals surface area (Å²) < 4.78 is 5.36. The van der Waals surface area contributed by atoms with Gasteiger partial charge in [-0.1, -0.05) is 0 Å². The Kier molecular flexibility index (Phi) is 1.99. The van der Waals surface area contributed by atoms with Crippen molar-refractivity contribution < 1.29 is 4.74 Å². The van der Waals surface area contributed by atoms with Crippen LogP contribution in [-0.2, 0) is 4.74 Å². The molecule has 1 fully saturated rings. The van der Waals surface area contributed by atoms with Crippen LogP contribution < -0.4 is 5.73 Å². The van der Waals surface area contributed by atoms with Gasteiger partial charge in [0.15, 0.2) is 0 Å². The molecule has 12 heavy (non-hydrogen) atoms. The number of nitrogens with one attached hydrogen (secondary N) is 1. The molecule has 0 bridgehead atoms. The summed E-state index contributed by atoms with van der Waals surface area (Å²) in [6.07, 6.45) is 3.92. The Morgan fingerprint density at radius 3 is 3.17 bits per heavy atom. The fourth-order valence-corrected chi connectivity index (χ4v) is 1.60. The monoisotopic (exact) mass is 167 g/mol. The van der Waals surface area contributed by atoms with E-state index in [0.29, 0.717) is 5.92 Å². The van der Waals surface area contributed by atoms with Gasteiger partial charge in [-0.2, -0.15) is 5.10 Å². The Labute approximate surface area is 71.1 Å². The van der Waals surface area contributed by atoms with Crippen LogP contribution in [0.3, 0.4) is 0 Å². The highest BCUT2D eigenvalue weighted by Crippen LogP contribution is 2.26. The highest BCUT2D eigenvalue weighted by molar-refractivity contribution is 5.42. The first-order valence-corrected chi connectivity index (χ1v) is 4.24. The van der Waals surface area contributed by atoms with Crippen LogP contribution in [0.25, 0.3) is 0 Å². The van der Waals surface area contributed by atoms with Gasteiger partial charge in [-0.05, 0) is 12.8 Å². The molecular formula is C8H13N3O. The zero-order chi connectivity index (χ0) is 8.39. The van der Waals surface area contributed by atoms with E-state index in [2.05, 4.69) is 10.2 Å². The third-order valence-corrected chi connectivity index (χ3v) is 2.27. The summed E-state index contributed by atoms with van der Waals surface area (Å²) >= 11 is 0. The van der Waals surface area contributed by atoms with Gasteiger partial charge in [-0.25, -0.2) is 0 Å². The van der Waals surface area contributed by atoms with E-state index in [0.717, 1.165) is 37.4 Å². The van der Waals surface area contributed by atoms with Crippen LogP contribution in [0.5, 0.6) is 0 Å². The lowest BCUT2D eigenvalue weighted by Gasteiger charge is -2.21. The van der Waals surface area contributed by atoms with Gasteiger partial charge in [0.05, 0.1) is 24.2 Å². The van der Waals surface area contributed by atoms with Gasteiger partial charge in [0.25, 0.3) is 0 Å². The summed E-state index contributed by atoms with van der Waals surface area (Å²) in [6.45, 7) is 1.65. The maximum Gasteiger partial charge on any atom is 0.0734 e. The van der Waals surface area contributed by atoms with Gasteiger partial charge in [0, 0.05) is 12.5 Å². The lowest BCUT2D eigenvalue weighted by molar-refractivity contribution is 0.0795. The van der Waals surface area contributed by atoms with Gasteiger partial charge in [-0.15, -0.1) is 0 Å². The number of hydrogen-bond acceptors (Lipinski definition) is 3. The summed E-state index contributed by atoms with van der Waals surface area (Å²) in [5, 5.41) is 6.81. The molecule has 0 spiro atoms. The number of nitrogen functional groups attached to an aromatic ring is 1. The highest BCUT2D eigenvalue weighted by atomic mass is 16.5. The molecule has 2 rings (SSSR count). The smallest absolute Gasteiger partial charge is 0.0734 e. The Bertz CT molecular complexity index is 253. The number of anilines is 1. The lowest BCUT2D eigenvalue weighted by atomic mass is 9.98. The van der Waals surface area contributed by atoms with Gasteiger partial charge in [0.1, 0.15) is 0 Å². The first-order valence-electron chi connectivity index (χ1n) is 4.24. The molecule has 0 saturated carbocycles. The molecule has 2 heterocycles. The lowest BCUT2D eigenvalue weighted by Crippen LogP contribution is -2.16. The third kappa shape index (κ3) is 1.30. The Hall–Kier alpha value is -1.03. The number of nitrogens with two attached hydrogens (primary N) is 1. The van der Waals surface area contributed by atoms with Crippen molar-refractivity contribution in [3.05, 3.63) is 11.9 Å². The number of rotatable bonds is 1. The molecule has 1 unspecified atom stereocenters. The average Bonchev–Trinajstić information content (AvgIpc) is 2.53. The fourth-order valence-electron chi connectivity index (χ4n) is 1.60. The number of aromatic amines is 1. The quantitative estimate of drug-likeness (QED) is 0.652. The van der Waals surface area contributed by atoms with Crippen LogP contribution >= 0.6 is 0 Å². The fraction of sp³-hybridized carbons (Fsp3) is 0.625. The minimum absolute atomic E-state index is 0.418. The molecule has 0 aromatic carbocycles. The van der Waals surface area contributed by atoms with Crippen LogP contribution in [0.4, 0.5) is 5.69 Å². The van der Waals surface area contributed by atoms with Crippen LogP contribution in [0.15, 0.2) is 6.20 Å². The number of H-pyrrole nitrogens is 1. The van der Waals surface area contributed by atoms with E-state index in [1.54, 1.807) is 6.20 Å². The molecule has 1 aliphatic heterocycles. The van der Waals surface area contributed by atoms with Crippen molar-refractivity contribution >= 4 is 5.69 Å². The number of nitrogens with zero attached hydrogens (tertiary/aromatic N) is 1. The third-order valence-electron chi connectivity index (χ3n) is 2.27. The molecule has 0 radical (unpaired) electrons. The summed E-state index contributed by atoms with van der Waals surface area (Å²) in [4.78, 5) is 0. The second-order valence-corrected chi connectivity index (χ2v) is 3.15. The van der Waals surface area contributed by atoms with Crippen molar-refractivity contribution in [3.8, 4) is 0 Å². The average molecular weight is 167 g/mol. The summed E-state index contributed by atoms with van der Waals surface area (Å²) in [5.41, 5.74) is 7.51. The van der Waals surface area contributed by atoms with Gasteiger partial charge in [-0.3, -0.25) is 5.10 Å². The minimum atomic E-state index is 0.418. The Morgan fingerprint density at radius 1 is 1.67 bits per heavy atom. The number of ether oxygens (including phenoxy) is 1. The molecule has 1 aromatic rings. The summed E-state index contributed by atoms with van der Waals surface area (Å²) in [5.74, 6) is 0.418. The number of hydrogen-bond donors (Lipinski definition) is 2. The SMILES string of the molecule is Nc1cn[nH]c1C1CCCOC1. The van der Waals surface area contributed by atoms with E-state index in [1.807, 2.05) is 0 Å². The second kappa shape index (κ2) is 3.15. The summed E-state index contributed by atoms with van der Waals surface area (Å²) in [7, 11) is 0. The van der Waals surface area contributed by atoms with E-state index in [-0.39, 0.29) is 0 Å². The molecule has 1 aromatic heterocycles. The van der Waals surface area contributed by atoms with Crippen LogP contribution in [-0.4, -0.2) is 23.4 Å². The molecule has 1 saturated heterocycles. The second-order valence-electron chi connectivity index (χ2n) is 3.15. The molecule has 0 amide bonds. The number of aromatic nitrogens is 2. The zero-order valence-corrected chi connectivity index (χ0v) is 6.92. The molecule has 4 nitrogen and oxygen atoms in total. The molecule has 0 aliphatic carbocycles. The Balaban J connectivity index is 2.13. The van der Waals surface area contributed by atoms with Gasteiger partial charge < -0.3 is 10.5 Å². The molecule has 1 atom stereocenters. The molecule has 66 valence electrons. The van der Waals surface area contributed by atoms with Crippen LogP contribution in [0.1, 0.15) is 24.5 Å². The molecule has 3 N–H and O–H groups in total. The highest BCUT2D eigenvalue weighted by Gasteiger charge is 2.19. The predicted octanol–water partition coefficient (Wildman–Crippen LogP) is 0.886. The van der Waals surface area contributed by atoms with Crippen LogP contribution in [0, 0.1) is 0 Å². The Morgan fingerprint density at radius 2 is 2.58 bits per heavy atom. The van der Waals surface area contributed by atoms with Gasteiger partial charge >= 0.3 is 0 Å².